The third-order valence-corrected chi connectivity index (χ3v) is 3.97. The van der Waals surface area contributed by atoms with Crippen LogP contribution in [0.1, 0.15) is 42.5 Å². The van der Waals surface area contributed by atoms with Crippen LogP contribution in [0.5, 0.6) is 0 Å². The van der Waals surface area contributed by atoms with Gasteiger partial charge in [-0.05, 0) is 31.5 Å². The number of ether oxygens (including phenoxy) is 3. The van der Waals surface area contributed by atoms with Crippen molar-refractivity contribution >= 4 is 29.5 Å². The van der Waals surface area contributed by atoms with Gasteiger partial charge in [0, 0.05) is 5.69 Å². The fraction of sp³-hybridized carbons (Fsp3) is 0.263. The third-order valence-electron chi connectivity index (χ3n) is 3.97. The average molecular weight is 388 g/mol. The minimum Gasteiger partial charge on any atom is -0.465 e. The van der Waals surface area contributed by atoms with Gasteiger partial charge in [-0.25, -0.2) is 14.4 Å². The van der Waals surface area contributed by atoms with Crippen LogP contribution in [-0.4, -0.2) is 49.6 Å². The SMILES string of the molecule is COC(=O)c1ccccc1NC(=O)COC(=O)c1[nH]c(C)c(C(=O)OC)c1C. The molecule has 0 unspecified atom stereocenters. The fourth-order valence-electron chi connectivity index (χ4n) is 2.63. The number of hydrogen-bond acceptors (Lipinski definition) is 7. The van der Waals surface area contributed by atoms with Crippen LogP contribution in [0.4, 0.5) is 5.69 Å². The van der Waals surface area contributed by atoms with Gasteiger partial charge in [0.1, 0.15) is 5.69 Å². The second-order valence-corrected chi connectivity index (χ2v) is 5.78. The summed E-state index contributed by atoms with van der Waals surface area (Å²) in [7, 11) is 2.47. The zero-order chi connectivity index (χ0) is 20.8. The minimum absolute atomic E-state index is 0.0562. The van der Waals surface area contributed by atoms with Crippen LogP contribution in [0.2, 0.25) is 0 Å². The number of aromatic amines is 1. The molecule has 0 aliphatic carbocycles. The first kappa shape index (κ1) is 20.7. The number of carbonyl (C=O) groups is 4. The van der Waals surface area contributed by atoms with E-state index < -0.39 is 30.4 Å². The van der Waals surface area contributed by atoms with Gasteiger partial charge in [0.05, 0.1) is 31.0 Å². The molecule has 0 saturated heterocycles. The van der Waals surface area contributed by atoms with Gasteiger partial charge < -0.3 is 24.5 Å². The Balaban J connectivity index is 2.05. The van der Waals surface area contributed by atoms with Gasteiger partial charge in [-0.3, -0.25) is 4.79 Å². The Morgan fingerprint density at radius 3 is 2.25 bits per heavy atom. The summed E-state index contributed by atoms with van der Waals surface area (Å²) in [5.41, 5.74) is 1.52. The van der Waals surface area contributed by atoms with Crippen molar-refractivity contribution in [3.8, 4) is 0 Å². The van der Waals surface area contributed by atoms with Gasteiger partial charge in [-0.2, -0.15) is 0 Å². The highest BCUT2D eigenvalue weighted by Crippen LogP contribution is 2.20. The predicted octanol–water partition coefficient (Wildman–Crippen LogP) is 2.00. The number of para-hydroxylation sites is 1. The minimum atomic E-state index is -0.799. The van der Waals surface area contributed by atoms with Crippen molar-refractivity contribution in [1.29, 1.82) is 0 Å². The van der Waals surface area contributed by atoms with E-state index in [-0.39, 0.29) is 22.5 Å². The number of carbonyl (C=O) groups excluding carboxylic acids is 4. The molecule has 0 spiro atoms. The third kappa shape index (κ3) is 4.37. The topological polar surface area (TPSA) is 124 Å². The Morgan fingerprint density at radius 1 is 0.964 bits per heavy atom. The lowest BCUT2D eigenvalue weighted by atomic mass is 10.1. The maximum atomic E-state index is 12.3. The summed E-state index contributed by atoms with van der Waals surface area (Å²) in [6.45, 7) is 2.60. The summed E-state index contributed by atoms with van der Waals surface area (Å²) in [5, 5.41) is 2.49. The Kier molecular flexibility index (Phi) is 6.54. The van der Waals surface area contributed by atoms with Gasteiger partial charge in [-0.15, -0.1) is 0 Å². The highest BCUT2D eigenvalue weighted by molar-refractivity contribution is 6.03. The average Bonchev–Trinajstić information content (AvgIpc) is 2.99. The number of aryl methyl sites for hydroxylation is 1. The van der Waals surface area contributed by atoms with Crippen LogP contribution in [-0.2, 0) is 19.0 Å². The molecular weight excluding hydrogens is 368 g/mol. The molecule has 2 aromatic rings. The molecular formula is C19H20N2O7. The molecule has 0 bridgehead atoms. The molecule has 1 heterocycles. The first-order valence-electron chi connectivity index (χ1n) is 8.21. The summed E-state index contributed by atoms with van der Waals surface area (Å²) >= 11 is 0. The van der Waals surface area contributed by atoms with Gasteiger partial charge in [0.2, 0.25) is 0 Å². The zero-order valence-corrected chi connectivity index (χ0v) is 15.9. The van der Waals surface area contributed by atoms with Crippen molar-refractivity contribution in [3.63, 3.8) is 0 Å². The number of amides is 1. The number of anilines is 1. The molecule has 9 nitrogen and oxygen atoms in total. The lowest BCUT2D eigenvalue weighted by molar-refractivity contribution is -0.119. The summed E-state index contributed by atoms with van der Waals surface area (Å²) < 4.78 is 14.3. The number of methoxy groups -OCH3 is 2. The molecule has 0 aliphatic rings. The van der Waals surface area contributed by atoms with Gasteiger partial charge in [0.15, 0.2) is 6.61 Å². The van der Waals surface area contributed by atoms with Crippen LogP contribution in [0.25, 0.3) is 0 Å². The van der Waals surface area contributed by atoms with E-state index in [1.54, 1.807) is 26.0 Å². The van der Waals surface area contributed by atoms with Gasteiger partial charge >= 0.3 is 17.9 Å². The Morgan fingerprint density at radius 2 is 1.61 bits per heavy atom. The van der Waals surface area contributed by atoms with Crippen LogP contribution < -0.4 is 5.32 Å². The second-order valence-electron chi connectivity index (χ2n) is 5.78. The van der Waals surface area contributed by atoms with Crippen molar-refractivity contribution in [2.45, 2.75) is 13.8 Å². The predicted molar refractivity (Wildman–Crippen MR) is 98.3 cm³/mol. The van der Waals surface area contributed by atoms with Crippen molar-refractivity contribution in [2.24, 2.45) is 0 Å². The summed E-state index contributed by atoms with van der Waals surface area (Å²) in [4.78, 5) is 50.6. The number of benzene rings is 1. The van der Waals surface area contributed by atoms with E-state index in [0.29, 0.717) is 11.3 Å². The molecule has 2 N–H and O–H groups in total. The maximum absolute atomic E-state index is 12.3. The molecule has 28 heavy (non-hydrogen) atoms. The normalized spacial score (nSPS) is 10.1. The molecule has 0 radical (unpaired) electrons. The number of rotatable bonds is 6. The standard InChI is InChI=1S/C19H20N2O7/c1-10-15(18(24)27-4)11(2)20-16(10)19(25)28-9-14(22)21-13-8-6-5-7-12(13)17(23)26-3/h5-8,20H,9H2,1-4H3,(H,21,22). The molecule has 2 rings (SSSR count). The first-order valence-corrected chi connectivity index (χ1v) is 8.21. The van der Waals surface area contributed by atoms with Gasteiger partial charge in [-0.1, -0.05) is 12.1 Å². The largest absolute Gasteiger partial charge is 0.465 e. The Labute approximate surface area is 161 Å². The zero-order valence-electron chi connectivity index (χ0n) is 15.9. The maximum Gasteiger partial charge on any atom is 0.355 e. The molecule has 1 aromatic carbocycles. The highest BCUT2D eigenvalue weighted by Gasteiger charge is 2.24. The fourth-order valence-corrected chi connectivity index (χ4v) is 2.63. The van der Waals surface area contributed by atoms with Crippen molar-refractivity contribution in [1.82, 2.24) is 4.98 Å². The monoisotopic (exact) mass is 388 g/mol. The number of nitrogens with one attached hydrogen (secondary N) is 2. The Bertz CT molecular complexity index is 930. The van der Waals surface area contributed by atoms with Crippen LogP contribution in [0, 0.1) is 13.8 Å². The van der Waals surface area contributed by atoms with E-state index in [0.717, 1.165) is 0 Å². The van der Waals surface area contributed by atoms with Crippen molar-refractivity contribution in [2.75, 3.05) is 26.1 Å². The van der Waals surface area contributed by atoms with Crippen molar-refractivity contribution < 1.29 is 33.4 Å². The van der Waals surface area contributed by atoms with E-state index in [1.807, 2.05) is 0 Å². The van der Waals surface area contributed by atoms with Gasteiger partial charge in [0.25, 0.3) is 5.91 Å². The smallest absolute Gasteiger partial charge is 0.355 e. The highest BCUT2D eigenvalue weighted by atomic mass is 16.5. The summed E-state index contributed by atoms with van der Waals surface area (Å²) in [6.07, 6.45) is 0. The molecule has 9 heteroatoms. The quantitative estimate of drug-likeness (QED) is 0.573. The molecule has 0 aliphatic heterocycles. The number of esters is 3. The van der Waals surface area contributed by atoms with E-state index in [4.69, 9.17) is 4.74 Å². The summed E-state index contributed by atoms with van der Waals surface area (Å²) in [6, 6.07) is 6.27. The van der Waals surface area contributed by atoms with Crippen LogP contribution in [0.15, 0.2) is 24.3 Å². The number of H-pyrrole nitrogens is 1. The number of hydrogen-bond donors (Lipinski definition) is 2. The molecule has 1 amide bonds. The molecule has 0 fully saturated rings. The molecule has 148 valence electrons. The van der Waals surface area contributed by atoms with E-state index in [9.17, 15) is 19.2 Å². The second kappa shape index (κ2) is 8.85. The lowest BCUT2D eigenvalue weighted by Gasteiger charge is -2.10. The van der Waals surface area contributed by atoms with E-state index in [1.165, 1.54) is 26.4 Å². The summed E-state index contributed by atoms with van der Waals surface area (Å²) in [5.74, 6) is -2.63. The van der Waals surface area contributed by atoms with Crippen LogP contribution >= 0.6 is 0 Å². The lowest BCUT2D eigenvalue weighted by Crippen LogP contribution is -2.22. The van der Waals surface area contributed by atoms with Crippen LogP contribution in [0.3, 0.4) is 0 Å². The molecule has 0 saturated carbocycles. The molecule has 0 atom stereocenters. The van der Waals surface area contributed by atoms with Crippen molar-refractivity contribution in [3.05, 3.63) is 52.3 Å². The first-order chi connectivity index (χ1) is 13.3. The van der Waals surface area contributed by atoms with E-state index in [2.05, 4.69) is 19.8 Å². The Hall–Kier alpha value is -3.62. The van der Waals surface area contributed by atoms with E-state index >= 15 is 0 Å². The molecule has 1 aromatic heterocycles. The number of aromatic nitrogens is 1.